The van der Waals surface area contributed by atoms with Crippen molar-refractivity contribution >= 4 is 0 Å². The fourth-order valence-corrected chi connectivity index (χ4v) is 2.41. The largest absolute Gasteiger partial charge is 0.508 e. The average Bonchev–Trinajstić information content (AvgIpc) is 2.12. The molecule has 82 valence electrons. The highest BCUT2D eigenvalue weighted by Gasteiger charge is 2.39. The molecular formula is C13H19NO. The molecule has 3 N–H and O–H groups in total. The molecule has 1 fully saturated rings. The van der Waals surface area contributed by atoms with Gasteiger partial charge in [-0.3, -0.25) is 0 Å². The standard InChI is InChI=1S/C13H19NO/c1-9-6-11(12(15)7-10(9)2)13(8-14)4-3-5-13/h6-7,15H,3-5,8,14H2,1-2H3. The number of rotatable bonds is 2. The fourth-order valence-electron chi connectivity index (χ4n) is 2.41. The van der Waals surface area contributed by atoms with Crippen molar-refractivity contribution in [3.63, 3.8) is 0 Å². The van der Waals surface area contributed by atoms with E-state index >= 15 is 0 Å². The maximum atomic E-state index is 9.99. The van der Waals surface area contributed by atoms with Crippen LogP contribution < -0.4 is 5.73 Å². The van der Waals surface area contributed by atoms with Gasteiger partial charge in [0.25, 0.3) is 0 Å². The molecule has 15 heavy (non-hydrogen) atoms. The van der Waals surface area contributed by atoms with Crippen molar-refractivity contribution in [2.75, 3.05) is 6.54 Å². The first-order valence-electron chi connectivity index (χ1n) is 5.60. The van der Waals surface area contributed by atoms with Gasteiger partial charge in [0.15, 0.2) is 0 Å². The smallest absolute Gasteiger partial charge is 0.119 e. The van der Waals surface area contributed by atoms with E-state index in [9.17, 15) is 5.11 Å². The van der Waals surface area contributed by atoms with Crippen LogP contribution in [0.4, 0.5) is 0 Å². The van der Waals surface area contributed by atoms with Crippen LogP contribution in [-0.4, -0.2) is 11.7 Å². The minimum atomic E-state index is 0.0581. The van der Waals surface area contributed by atoms with Crippen LogP contribution in [0.15, 0.2) is 12.1 Å². The number of phenols is 1. The van der Waals surface area contributed by atoms with Crippen LogP contribution >= 0.6 is 0 Å². The number of aryl methyl sites for hydroxylation is 2. The molecule has 0 heterocycles. The summed E-state index contributed by atoms with van der Waals surface area (Å²) in [5, 5.41) is 9.99. The SMILES string of the molecule is Cc1cc(O)c(C2(CN)CCC2)cc1C. The lowest BCUT2D eigenvalue weighted by Crippen LogP contribution is -2.41. The lowest BCUT2D eigenvalue weighted by molar-refractivity contribution is 0.245. The second-order valence-electron chi connectivity index (χ2n) is 4.79. The number of hydrogen-bond donors (Lipinski definition) is 2. The Bertz CT molecular complexity index is 375. The molecular weight excluding hydrogens is 186 g/mol. The zero-order valence-corrected chi connectivity index (χ0v) is 9.51. The summed E-state index contributed by atoms with van der Waals surface area (Å²) in [4.78, 5) is 0. The normalized spacial score (nSPS) is 18.6. The molecule has 1 saturated carbocycles. The molecule has 0 bridgehead atoms. The van der Waals surface area contributed by atoms with Gasteiger partial charge in [0.2, 0.25) is 0 Å². The molecule has 2 heteroatoms. The van der Waals surface area contributed by atoms with E-state index in [0.29, 0.717) is 12.3 Å². The minimum Gasteiger partial charge on any atom is -0.508 e. The van der Waals surface area contributed by atoms with E-state index in [0.717, 1.165) is 24.0 Å². The molecule has 2 nitrogen and oxygen atoms in total. The van der Waals surface area contributed by atoms with Gasteiger partial charge >= 0.3 is 0 Å². The first-order valence-corrected chi connectivity index (χ1v) is 5.60. The third-order valence-corrected chi connectivity index (χ3v) is 3.88. The second-order valence-corrected chi connectivity index (χ2v) is 4.79. The molecule has 0 aromatic heterocycles. The predicted octanol–water partition coefficient (Wildman–Crippen LogP) is 2.39. The molecule has 1 aromatic rings. The summed E-state index contributed by atoms with van der Waals surface area (Å²) in [6.07, 6.45) is 3.45. The Morgan fingerprint density at radius 2 is 1.87 bits per heavy atom. The van der Waals surface area contributed by atoms with Gasteiger partial charge in [0.1, 0.15) is 5.75 Å². The third-order valence-electron chi connectivity index (χ3n) is 3.88. The number of aromatic hydroxyl groups is 1. The summed E-state index contributed by atoms with van der Waals surface area (Å²) < 4.78 is 0. The Morgan fingerprint density at radius 3 is 2.33 bits per heavy atom. The summed E-state index contributed by atoms with van der Waals surface area (Å²) in [7, 11) is 0. The Balaban J connectivity index is 2.47. The van der Waals surface area contributed by atoms with Crippen LogP contribution in [0, 0.1) is 13.8 Å². The van der Waals surface area contributed by atoms with Gasteiger partial charge in [-0.2, -0.15) is 0 Å². The Morgan fingerprint density at radius 1 is 1.27 bits per heavy atom. The third kappa shape index (κ3) is 1.53. The average molecular weight is 205 g/mol. The van der Waals surface area contributed by atoms with Crippen molar-refractivity contribution in [3.05, 3.63) is 28.8 Å². The fraction of sp³-hybridized carbons (Fsp3) is 0.538. The van der Waals surface area contributed by atoms with E-state index in [2.05, 4.69) is 13.0 Å². The van der Waals surface area contributed by atoms with E-state index < -0.39 is 0 Å². The van der Waals surface area contributed by atoms with Crippen LogP contribution in [-0.2, 0) is 5.41 Å². The number of hydrogen-bond acceptors (Lipinski definition) is 2. The van der Waals surface area contributed by atoms with Crippen LogP contribution in [0.3, 0.4) is 0 Å². The molecule has 0 atom stereocenters. The monoisotopic (exact) mass is 205 g/mol. The number of benzene rings is 1. The zero-order valence-electron chi connectivity index (χ0n) is 9.51. The van der Waals surface area contributed by atoms with Crippen molar-refractivity contribution < 1.29 is 5.11 Å². The Kier molecular flexibility index (Phi) is 2.47. The lowest BCUT2D eigenvalue weighted by Gasteiger charge is -2.42. The van der Waals surface area contributed by atoms with E-state index in [1.807, 2.05) is 13.0 Å². The van der Waals surface area contributed by atoms with E-state index in [1.54, 1.807) is 0 Å². The van der Waals surface area contributed by atoms with E-state index in [1.165, 1.54) is 12.0 Å². The molecule has 2 rings (SSSR count). The maximum absolute atomic E-state index is 9.99. The van der Waals surface area contributed by atoms with Crippen LogP contribution in [0.5, 0.6) is 5.75 Å². The van der Waals surface area contributed by atoms with Gasteiger partial charge in [-0.1, -0.05) is 12.5 Å². The lowest BCUT2D eigenvalue weighted by atomic mass is 9.64. The predicted molar refractivity (Wildman–Crippen MR) is 62.2 cm³/mol. The summed E-state index contributed by atoms with van der Waals surface area (Å²) in [5.74, 6) is 0.420. The summed E-state index contributed by atoms with van der Waals surface area (Å²) >= 11 is 0. The number of nitrogens with two attached hydrogens (primary N) is 1. The highest BCUT2D eigenvalue weighted by molar-refractivity contribution is 5.46. The molecule has 0 amide bonds. The highest BCUT2D eigenvalue weighted by atomic mass is 16.3. The highest BCUT2D eigenvalue weighted by Crippen LogP contribution is 2.46. The van der Waals surface area contributed by atoms with Crippen molar-refractivity contribution in [2.45, 2.75) is 38.5 Å². The van der Waals surface area contributed by atoms with Gasteiger partial charge in [-0.05, 0) is 43.9 Å². The minimum absolute atomic E-state index is 0.0581. The first-order chi connectivity index (χ1) is 7.09. The van der Waals surface area contributed by atoms with E-state index in [4.69, 9.17) is 5.73 Å². The summed E-state index contributed by atoms with van der Waals surface area (Å²) in [6, 6.07) is 3.97. The second kappa shape index (κ2) is 3.53. The molecule has 0 aliphatic heterocycles. The Hall–Kier alpha value is -1.02. The van der Waals surface area contributed by atoms with Crippen LogP contribution in [0.1, 0.15) is 36.0 Å². The maximum Gasteiger partial charge on any atom is 0.119 e. The quantitative estimate of drug-likeness (QED) is 0.778. The summed E-state index contributed by atoms with van der Waals surface area (Å²) in [5.41, 5.74) is 9.34. The first kappa shape index (κ1) is 10.5. The molecule has 1 aliphatic rings. The molecule has 0 unspecified atom stereocenters. The molecule has 0 radical (unpaired) electrons. The van der Waals surface area contributed by atoms with Crippen molar-refractivity contribution in [3.8, 4) is 5.75 Å². The van der Waals surface area contributed by atoms with E-state index in [-0.39, 0.29) is 5.41 Å². The van der Waals surface area contributed by atoms with Crippen LogP contribution in [0.25, 0.3) is 0 Å². The van der Waals surface area contributed by atoms with Gasteiger partial charge in [0.05, 0.1) is 0 Å². The van der Waals surface area contributed by atoms with Gasteiger partial charge < -0.3 is 10.8 Å². The number of phenolic OH excluding ortho intramolecular Hbond substituents is 1. The van der Waals surface area contributed by atoms with Gasteiger partial charge in [-0.25, -0.2) is 0 Å². The molecule has 0 saturated heterocycles. The molecule has 1 aliphatic carbocycles. The Labute approximate surface area is 91.1 Å². The molecule has 1 aromatic carbocycles. The van der Waals surface area contributed by atoms with Crippen LogP contribution in [0.2, 0.25) is 0 Å². The summed E-state index contributed by atoms with van der Waals surface area (Å²) in [6.45, 7) is 4.75. The topological polar surface area (TPSA) is 46.2 Å². The van der Waals surface area contributed by atoms with Gasteiger partial charge in [-0.15, -0.1) is 0 Å². The van der Waals surface area contributed by atoms with Gasteiger partial charge in [0, 0.05) is 17.5 Å². The van der Waals surface area contributed by atoms with Crippen molar-refractivity contribution in [2.24, 2.45) is 5.73 Å². The molecule has 0 spiro atoms. The van der Waals surface area contributed by atoms with Crippen molar-refractivity contribution in [1.29, 1.82) is 0 Å². The zero-order chi connectivity index (χ0) is 11.1. The van der Waals surface area contributed by atoms with Crippen molar-refractivity contribution in [1.82, 2.24) is 0 Å².